The molecule has 16 heteroatoms. The van der Waals surface area contributed by atoms with Gasteiger partial charge in [-0.25, -0.2) is 12.8 Å². The molecule has 2 heterocycles. The molecule has 0 spiro atoms. The van der Waals surface area contributed by atoms with Crippen LogP contribution in [0.3, 0.4) is 0 Å². The van der Waals surface area contributed by atoms with Crippen molar-refractivity contribution in [2.75, 3.05) is 26.4 Å². The van der Waals surface area contributed by atoms with Crippen LogP contribution in [0.5, 0.6) is 11.5 Å². The lowest BCUT2D eigenvalue weighted by Crippen LogP contribution is -2.70. The fraction of sp³-hybridized carbons (Fsp3) is 0.396. The minimum Gasteiger partial charge on any atom is -0.489 e. The van der Waals surface area contributed by atoms with Crippen molar-refractivity contribution in [3.05, 3.63) is 160 Å². The Bertz CT molecular complexity index is 2780. The number of pyridine rings is 1. The molecule has 1 saturated carbocycles. The standard InChI is InChI=1S/C53H59FN4O10S/c1-3-27-57(69(63,64)48-19-11-15-37-16-12-26-55-52(37)48)49-33-46(56-67-34-36-20-22-40(23-21-36)58(61)62)43-31-38(13-7-9-28-59)42(17-8-10-29-60)50-44-32-41(65-35-39-14-5-6-18-45(39)54)24-25-47(44)68-53(49,51(43)50)66-30-4-2/h4-6,11-12,14-16,18-26,31-32,38,42,49-51,59-60H,2-3,7-10,13,17,27-30,33-35H2,1H3. The minimum atomic E-state index is -4.39. The number of nitro benzene ring substituents is 1. The molecule has 1 aromatic heterocycles. The summed E-state index contributed by atoms with van der Waals surface area (Å²) in [5.74, 6) is -2.43. The van der Waals surface area contributed by atoms with Crippen LogP contribution in [0.15, 0.2) is 138 Å². The lowest BCUT2D eigenvalue weighted by molar-refractivity contribution is -0.384. The van der Waals surface area contributed by atoms with Gasteiger partial charge >= 0.3 is 0 Å². The van der Waals surface area contributed by atoms with Crippen LogP contribution < -0.4 is 9.47 Å². The molecule has 2 N–H and O–H groups in total. The number of unbranched alkanes of at least 4 members (excludes halogenated alkanes) is 2. The molecule has 0 saturated heterocycles. The Morgan fingerprint density at radius 1 is 0.986 bits per heavy atom. The van der Waals surface area contributed by atoms with E-state index in [1.54, 1.807) is 66.9 Å². The second-order valence-electron chi connectivity index (χ2n) is 17.8. The summed E-state index contributed by atoms with van der Waals surface area (Å²) in [4.78, 5) is 21.7. The van der Waals surface area contributed by atoms with E-state index >= 15 is 8.42 Å². The van der Waals surface area contributed by atoms with Crippen LogP contribution in [0, 0.1) is 33.7 Å². The monoisotopic (exact) mass is 962 g/mol. The van der Waals surface area contributed by atoms with Crippen molar-refractivity contribution in [2.24, 2.45) is 22.9 Å². The number of aliphatic hydroxyl groups excluding tert-OH is 2. The number of allylic oxidation sites excluding steroid dienone is 1. The van der Waals surface area contributed by atoms with Gasteiger partial charge in [0.15, 0.2) is 0 Å². The summed E-state index contributed by atoms with van der Waals surface area (Å²) in [5.41, 5.74) is 3.33. The van der Waals surface area contributed by atoms with Crippen molar-refractivity contribution in [3.8, 4) is 11.5 Å². The number of non-ortho nitro benzene ring substituents is 1. The smallest absolute Gasteiger partial charge is 0.269 e. The first kappa shape index (κ1) is 49.4. The number of hydrogen-bond acceptors (Lipinski definition) is 12. The molecule has 14 nitrogen and oxygen atoms in total. The number of fused-ring (bicyclic) bond motifs is 3. The molecule has 6 unspecified atom stereocenters. The van der Waals surface area contributed by atoms with Crippen LogP contribution in [0.4, 0.5) is 10.1 Å². The Morgan fingerprint density at radius 2 is 1.75 bits per heavy atom. The molecule has 0 radical (unpaired) electrons. The number of aromatic nitrogens is 1. The third-order valence-electron chi connectivity index (χ3n) is 13.5. The second kappa shape index (κ2) is 22.1. The molecule has 1 fully saturated rings. The highest BCUT2D eigenvalue weighted by atomic mass is 32.2. The highest BCUT2D eigenvalue weighted by Gasteiger charge is 2.66. The summed E-state index contributed by atoms with van der Waals surface area (Å²) in [6, 6.07) is 25.6. The highest BCUT2D eigenvalue weighted by molar-refractivity contribution is 7.89. The van der Waals surface area contributed by atoms with E-state index in [-0.39, 0.29) is 74.2 Å². The Kier molecular flexibility index (Phi) is 15.9. The molecule has 6 atom stereocenters. The lowest BCUT2D eigenvalue weighted by Gasteiger charge is -2.59. The number of sulfonamides is 1. The van der Waals surface area contributed by atoms with Gasteiger partial charge in [-0.1, -0.05) is 73.5 Å². The Balaban J connectivity index is 1.34. The summed E-state index contributed by atoms with van der Waals surface area (Å²) < 4.78 is 68.3. The number of nitrogens with zero attached hydrogens (tertiary/aromatic N) is 4. The van der Waals surface area contributed by atoms with Crippen molar-refractivity contribution >= 4 is 32.3 Å². The van der Waals surface area contributed by atoms with Gasteiger partial charge in [0.2, 0.25) is 15.8 Å². The van der Waals surface area contributed by atoms with Gasteiger partial charge in [0.1, 0.15) is 35.4 Å². The van der Waals surface area contributed by atoms with Crippen molar-refractivity contribution in [1.82, 2.24) is 9.29 Å². The maximum absolute atomic E-state index is 15.6. The van der Waals surface area contributed by atoms with Crippen LogP contribution in [-0.4, -0.2) is 76.7 Å². The first-order valence-corrected chi connectivity index (χ1v) is 25.1. The molecule has 5 aromatic rings. The average molecular weight is 963 g/mol. The molecular weight excluding hydrogens is 904 g/mol. The molecule has 1 aliphatic heterocycles. The Morgan fingerprint density at radius 3 is 2.49 bits per heavy atom. The number of para-hydroxylation sites is 1. The zero-order valence-electron chi connectivity index (χ0n) is 38.7. The van der Waals surface area contributed by atoms with Gasteiger partial charge in [0, 0.05) is 66.9 Å². The van der Waals surface area contributed by atoms with Crippen LogP contribution in [0.2, 0.25) is 0 Å². The molecule has 364 valence electrons. The summed E-state index contributed by atoms with van der Waals surface area (Å²) in [5, 5.41) is 37.0. The van der Waals surface area contributed by atoms with Crippen LogP contribution >= 0.6 is 0 Å². The average Bonchev–Trinajstić information content (AvgIpc) is 3.36. The number of aliphatic hydroxyl groups is 2. The SMILES string of the molecule is C=CCOC12Oc3ccc(OCc4ccccc4F)cc3C3C(CCCCO)C(CCCCO)C=C(C(=NOCc4ccc([N+](=O)[O-])cc4)CC1N(CCC)S(=O)(=O)c1cccc4cccnc14)C32. The fourth-order valence-electron chi connectivity index (χ4n) is 10.5. The van der Waals surface area contributed by atoms with E-state index in [1.165, 1.54) is 22.5 Å². The first-order valence-electron chi connectivity index (χ1n) is 23.7. The van der Waals surface area contributed by atoms with Crippen molar-refractivity contribution in [3.63, 3.8) is 0 Å². The third kappa shape index (κ3) is 10.3. The van der Waals surface area contributed by atoms with Crippen molar-refractivity contribution < 1.29 is 47.0 Å². The third-order valence-corrected chi connectivity index (χ3v) is 15.5. The Labute approximate surface area is 402 Å². The fourth-order valence-corrected chi connectivity index (χ4v) is 12.4. The molecular formula is C53H59FN4O10S. The number of hydrogen-bond donors (Lipinski definition) is 2. The predicted octanol–water partition coefficient (Wildman–Crippen LogP) is 9.80. The van der Waals surface area contributed by atoms with Crippen LogP contribution in [0.25, 0.3) is 10.9 Å². The first-order chi connectivity index (χ1) is 33.5. The zero-order chi connectivity index (χ0) is 48.5. The molecule has 0 bridgehead atoms. The van der Waals surface area contributed by atoms with Crippen LogP contribution in [0.1, 0.15) is 80.9 Å². The van der Waals surface area contributed by atoms with E-state index in [0.29, 0.717) is 77.8 Å². The maximum Gasteiger partial charge on any atom is 0.269 e. The van der Waals surface area contributed by atoms with E-state index in [4.69, 9.17) is 24.2 Å². The van der Waals surface area contributed by atoms with E-state index in [0.717, 1.165) is 17.6 Å². The number of nitro groups is 1. The number of halogens is 1. The molecule has 3 aliphatic rings. The number of oxime groups is 1. The molecule has 8 rings (SSSR count). The van der Waals surface area contributed by atoms with E-state index in [9.17, 15) is 24.7 Å². The summed E-state index contributed by atoms with van der Waals surface area (Å²) in [7, 11) is -4.39. The number of rotatable bonds is 23. The second-order valence-corrected chi connectivity index (χ2v) is 19.7. The van der Waals surface area contributed by atoms with Gasteiger partial charge < -0.3 is 29.3 Å². The van der Waals surface area contributed by atoms with E-state index in [1.807, 2.05) is 31.2 Å². The van der Waals surface area contributed by atoms with Crippen LogP contribution in [-0.2, 0) is 32.8 Å². The minimum absolute atomic E-state index is 0.000229. The summed E-state index contributed by atoms with van der Waals surface area (Å²) >= 11 is 0. The van der Waals surface area contributed by atoms with Gasteiger partial charge in [0.25, 0.3) is 5.69 Å². The lowest BCUT2D eigenvalue weighted by atomic mass is 9.55. The summed E-state index contributed by atoms with van der Waals surface area (Å²) in [6.45, 7) is 5.98. The van der Waals surface area contributed by atoms with Crippen molar-refractivity contribution in [2.45, 2.75) is 94.1 Å². The quantitative estimate of drug-likeness (QED) is 0.0275. The predicted molar refractivity (Wildman–Crippen MR) is 260 cm³/mol. The van der Waals surface area contributed by atoms with Gasteiger partial charge in [-0.15, -0.1) is 6.58 Å². The normalized spacial score (nSPS) is 22.4. The largest absolute Gasteiger partial charge is 0.489 e. The molecule has 2 aliphatic carbocycles. The summed E-state index contributed by atoms with van der Waals surface area (Å²) in [6.07, 6.45) is 9.78. The number of ether oxygens (including phenoxy) is 3. The molecule has 69 heavy (non-hydrogen) atoms. The number of benzene rings is 4. The van der Waals surface area contributed by atoms with Gasteiger partial charge in [-0.05, 0) is 104 Å². The molecule has 4 aromatic carbocycles. The highest BCUT2D eigenvalue weighted by Crippen LogP contribution is 2.62. The van der Waals surface area contributed by atoms with Gasteiger partial charge in [-0.3, -0.25) is 15.1 Å². The van der Waals surface area contributed by atoms with Gasteiger partial charge in [-0.2, -0.15) is 4.31 Å². The van der Waals surface area contributed by atoms with Crippen molar-refractivity contribution in [1.29, 1.82) is 0 Å². The van der Waals surface area contributed by atoms with Gasteiger partial charge in [0.05, 0.1) is 34.7 Å². The maximum atomic E-state index is 15.6. The zero-order valence-corrected chi connectivity index (χ0v) is 39.5. The van der Waals surface area contributed by atoms with E-state index in [2.05, 4.69) is 17.6 Å². The Hall–Kier alpha value is -6.04. The molecule has 0 amide bonds. The topological polar surface area (TPSA) is 183 Å². The van der Waals surface area contributed by atoms with E-state index < -0.39 is 38.6 Å².